The average molecular weight is 565 g/mol. The highest BCUT2D eigenvalue weighted by Gasteiger charge is 2.53. The van der Waals surface area contributed by atoms with Gasteiger partial charge in [-0.05, 0) is 35.4 Å². The molecule has 11 heteroatoms. The van der Waals surface area contributed by atoms with E-state index in [0.717, 1.165) is 35.7 Å². The molecule has 1 aliphatic rings. The Balaban J connectivity index is 2.12. The smallest absolute Gasteiger partial charge is 0.303 e. The SMILES string of the molecule is CC(=O)OCC1OC(Oc2cc(C)c(C(C)CCl)c3ccccc23)C(OC(C)=O)C(OC(C)=O)C1OC(C)=O. The zero-order valence-electron chi connectivity index (χ0n) is 22.7. The summed E-state index contributed by atoms with van der Waals surface area (Å²) in [4.78, 5) is 47.7. The molecule has 0 aromatic heterocycles. The van der Waals surface area contributed by atoms with Gasteiger partial charge in [0.05, 0.1) is 0 Å². The summed E-state index contributed by atoms with van der Waals surface area (Å²) in [6.07, 6.45) is -6.35. The molecular formula is C28H33ClO10. The van der Waals surface area contributed by atoms with Gasteiger partial charge in [-0.15, -0.1) is 11.6 Å². The monoisotopic (exact) mass is 564 g/mol. The van der Waals surface area contributed by atoms with Crippen LogP contribution in [0.1, 0.15) is 51.7 Å². The Morgan fingerprint density at radius 3 is 2.00 bits per heavy atom. The van der Waals surface area contributed by atoms with Crippen LogP contribution in [0.3, 0.4) is 0 Å². The second kappa shape index (κ2) is 13.1. The number of carbonyl (C=O) groups excluding carboxylic acids is 4. The van der Waals surface area contributed by atoms with E-state index in [1.165, 1.54) is 13.8 Å². The molecular weight excluding hydrogens is 532 g/mol. The molecule has 1 heterocycles. The number of benzene rings is 2. The number of esters is 4. The highest BCUT2D eigenvalue weighted by atomic mass is 35.5. The van der Waals surface area contributed by atoms with E-state index in [1.54, 1.807) is 0 Å². The molecule has 1 fully saturated rings. The Bertz CT molecular complexity index is 1230. The predicted octanol–water partition coefficient (Wildman–Crippen LogP) is 3.95. The van der Waals surface area contributed by atoms with Crippen LogP contribution in [0.5, 0.6) is 5.75 Å². The Labute approximate surface area is 231 Å². The summed E-state index contributed by atoms with van der Waals surface area (Å²) in [6, 6.07) is 9.42. The maximum Gasteiger partial charge on any atom is 0.303 e. The van der Waals surface area contributed by atoms with Crippen LogP contribution in [-0.2, 0) is 42.9 Å². The number of halogens is 1. The van der Waals surface area contributed by atoms with Crippen LogP contribution in [0, 0.1) is 6.92 Å². The number of aryl methyl sites for hydroxylation is 1. The molecule has 1 aliphatic heterocycles. The van der Waals surface area contributed by atoms with Crippen LogP contribution in [0.15, 0.2) is 30.3 Å². The highest BCUT2D eigenvalue weighted by molar-refractivity contribution is 6.18. The first kappa shape index (κ1) is 30.2. The lowest BCUT2D eigenvalue weighted by molar-refractivity contribution is -0.288. The van der Waals surface area contributed by atoms with Crippen molar-refractivity contribution >= 4 is 46.3 Å². The van der Waals surface area contributed by atoms with Gasteiger partial charge in [-0.25, -0.2) is 0 Å². The zero-order chi connectivity index (χ0) is 28.9. The maximum atomic E-state index is 12.1. The van der Waals surface area contributed by atoms with Gasteiger partial charge in [0.2, 0.25) is 12.4 Å². The minimum atomic E-state index is -1.33. The molecule has 0 amide bonds. The quantitative estimate of drug-likeness (QED) is 0.251. The molecule has 6 unspecified atom stereocenters. The molecule has 0 saturated carbocycles. The van der Waals surface area contributed by atoms with E-state index in [0.29, 0.717) is 11.6 Å². The largest absolute Gasteiger partial charge is 0.463 e. The summed E-state index contributed by atoms with van der Waals surface area (Å²) in [5, 5.41) is 1.68. The fraction of sp³-hybridized carbons (Fsp3) is 0.500. The lowest BCUT2D eigenvalue weighted by atomic mass is 9.91. The van der Waals surface area contributed by atoms with Crippen molar-refractivity contribution in [1.29, 1.82) is 0 Å². The molecule has 6 atom stereocenters. The molecule has 0 bridgehead atoms. The summed E-state index contributed by atoms with van der Waals surface area (Å²) in [5.41, 5.74) is 1.98. The summed E-state index contributed by atoms with van der Waals surface area (Å²) in [5.74, 6) is -1.84. The standard InChI is InChI=1S/C28H33ClO10/c1-14-11-22(20-9-7-8-10-21(20)24(14)15(2)12-29)38-28-27(37-19(6)33)26(36-18(5)32)25(35-17(4)31)23(39-28)13-34-16(3)30/h7-11,15,23,25-28H,12-13H2,1-6H3. The molecule has 0 radical (unpaired) electrons. The Morgan fingerprint density at radius 1 is 0.872 bits per heavy atom. The maximum absolute atomic E-state index is 12.1. The van der Waals surface area contributed by atoms with Crippen molar-refractivity contribution in [2.75, 3.05) is 12.5 Å². The topological polar surface area (TPSA) is 124 Å². The van der Waals surface area contributed by atoms with Crippen LogP contribution in [0.25, 0.3) is 10.8 Å². The summed E-state index contributed by atoms with van der Waals surface area (Å²) in [6.45, 7) is 8.33. The van der Waals surface area contributed by atoms with Gasteiger partial charge in [0.15, 0.2) is 12.2 Å². The minimum Gasteiger partial charge on any atom is -0.463 e. The number of alkyl halides is 1. The van der Waals surface area contributed by atoms with Crippen LogP contribution in [0.2, 0.25) is 0 Å². The number of hydrogen-bond donors (Lipinski definition) is 0. The molecule has 1 saturated heterocycles. The van der Waals surface area contributed by atoms with Gasteiger partial charge in [-0.2, -0.15) is 0 Å². The molecule has 2 aromatic rings. The van der Waals surface area contributed by atoms with Gasteiger partial charge >= 0.3 is 23.9 Å². The summed E-state index contributed by atoms with van der Waals surface area (Å²) < 4.78 is 34.0. The molecule has 10 nitrogen and oxygen atoms in total. The Kier molecular flexibility index (Phi) is 10.2. The normalized spacial score (nSPS) is 23.4. The van der Waals surface area contributed by atoms with Gasteiger partial charge < -0.3 is 28.4 Å². The van der Waals surface area contributed by atoms with Crippen LogP contribution in [0.4, 0.5) is 0 Å². The fourth-order valence-electron chi connectivity index (χ4n) is 4.73. The van der Waals surface area contributed by atoms with E-state index in [1.807, 2.05) is 44.2 Å². The number of rotatable bonds is 9. The third-order valence-corrected chi connectivity index (χ3v) is 6.63. The van der Waals surface area contributed by atoms with E-state index in [-0.39, 0.29) is 12.5 Å². The lowest BCUT2D eigenvalue weighted by Crippen LogP contribution is -2.63. The van der Waals surface area contributed by atoms with Gasteiger partial charge in [0.25, 0.3) is 0 Å². The Morgan fingerprint density at radius 2 is 1.44 bits per heavy atom. The van der Waals surface area contributed by atoms with Crippen LogP contribution >= 0.6 is 11.6 Å². The molecule has 2 aromatic carbocycles. The van der Waals surface area contributed by atoms with E-state index in [2.05, 4.69) is 0 Å². The fourth-order valence-corrected chi connectivity index (χ4v) is 4.89. The van der Waals surface area contributed by atoms with E-state index < -0.39 is 54.6 Å². The van der Waals surface area contributed by atoms with E-state index >= 15 is 0 Å². The minimum absolute atomic E-state index is 0.0660. The van der Waals surface area contributed by atoms with Gasteiger partial charge in [0, 0.05) is 39.0 Å². The van der Waals surface area contributed by atoms with Gasteiger partial charge in [0.1, 0.15) is 18.5 Å². The van der Waals surface area contributed by atoms with Crippen LogP contribution < -0.4 is 4.74 Å². The van der Waals surface area contributed by atoms with Gasteiger partial charge in [-0.3, -0.25) is 19.2 Å². The third kappa shape index (κ3) is 7.39. The number of hydrogen-bond acceptors (Lipinski definition) is 10. The number of ether oxygens (including phenoxy) is 6. The first-order valence-electron chi connectivity index (χ1n) is 12.5. The summed E-state index contributed by atoms with van der Waals surface area (Å²) in [7, 11) is 0. The van der Waals surface area contributed by atoms with Crippen molar-refractivity contribution in [2.24, 2.45) is 0 Å². The molecule has 212 valence electrons. The van der Waals surface area contributed by atoms with Crippen LogP contribution in [-0.4, -0.2) is 67.1 Å². The lowest BCUT2D eigenvalue weighted by Gasteiger charge is -2.44. The summed E-state index contributed by atoms with van der Waals surface area (Å²) >= 11 is 6.18. The molecule has 0 aliphatic carbocycles. The van der Waals surface area contributed by atoms with E-state index in [9.17, 15) is 19.2 Å². The molecule has 3 rings (SSSR count). The first-order chi connectivity index (χ1) is 18.4. The van der Waals surface area contributed by atoms with Crippen molar-refractivity contribution in [2.45, 2.75) is 78.2 Å². The van der Waals surface area contributed by atoms with E-state index in [4.69, 9.17) is 40.0 Å². The second-order valence-corrected chi connectivity index (χ2v) is 9.70. The van der Waals surface area contributed by atoms with Gasteiger partial charge in [-0.1, -0.05) is 31.2 Å². The second-order valence-electron chi connectivity index (χ2n) is 9.39. The van der Waals surface area contributed by atoms with Crippen molar-refractivity contribution < 1.29 is 47.6 Å². The zero-order valence-corrected chi connectivity index (χ0v) is 23.5. The predicted molar refractivity (Wildman–Crippen MR) is 140 cm³/mol. The average Bonchev–Trinajstić information content (AvgIpc) is 2.85. The molecule has 39 heavy (non-hydrogen) atoms. The molecule has 0 N–H and O–H groups in total. The Hall–Kier alpha value is -3.37. The van der Waals surface area contributed by atoms with Crippen molar-refractivity contribution in [3.05, 3.63) is 41.5 Å². The molecule has 0 spiro atoms. The third-order valence-electron chi connectivity index (χ3n) is 6.17. The van der Waals surface area contributed by atoms with Crippen molar-refractivity contribution in [3.8, 4) is 5.75 Å². The van der Waals surface area contributed by atoms with Crippen molar-refractivity contribution in [3.63, 3.8) is 0 Å². The first-order valence-corrected chi connectivity index (χ1v) is 13.0. The number of carbonyl (C=O) groups is 4. The highest BCUT2D eigenvalue weighted by Crippen LogP contribution is 2.38. The van der Waals surface area contributed by atoms with Crippen molar-refractivity contribution in [1.82, 2.24) is 0 Å². The number of fused-ring (bicyclic) bond motifs is 1.